The highest BCUT2D eigenvalue weighted by Gasteiger charge is 2.22. The molecule has 0 aliphatic rings. The van der Waals surface area contributed by atoms with Crippen LogP contribution in [0.1, 0.15) is 11.1 Å². The maximum absolute atomic E-state index is 11.4. The standard InChI is InChI=1S/C13H8Cl4O6S2/c14-8-2-6(12(16)10(4-8)24(18,19)20)1-7-3-9(15)5-11(13(7)17)25(21,22)23/h2-5H,1H2,(H,18,19,20)(H,21,22,23). The van der Waals surface area contributed by atoms with Gasteiger partial charge in [0.2, 0.25) is 0 Å². The molecule has 0 amide bonds. The van der Waals surface area contributed by atoms with E-state index >= 15 is 0 Å². The van der Waals surface area contributed by atoms with Crippen LogP contribution in [0.2, 0.25) is 20.1 Å². The summed E-state index contributed by atoms with van der Waals surface area (Å²) in [6.45, 7) is 0. The summed E-state index contributed by atoms with van der Waals surface area (Å²) in [5.41, 5.74) is 0.291. The van der Waals surface area contributed by atoms with E-state index in [2.05, 4.69) is 0 Å². The Morgan fingerprint density at radius 1 is 0.680 bits per heavy atom. The van der Waals surface area contributed by atoms with E-state index in [1.807, 2.05) is 0 Å². The van der Waals surface area contributed by atoms with E-state index in [1.165, 1.54) is 12.1 Å². The van der Waals surface area contributed by atoms with Crippen molar-refractivity contribution < 1.29 is 25.9 Å². The number of hydrogen-bond donors (Lipinski definition) is 2. The van der Waals surface area contributed by atoms with Crippen LogP contribution in [0, 0.1) is 0 Å². The largest absolute Gasteiger partial charge is 0.296 e. The second-order valence-corrected chi connectivity index (χ2v) is 9.29. The van der Waals surface area contributed by atoms with Crippen molar-refractivity contribution in [3.05, 3.63) is 55.5 Å². The minimum absolute atomic E-state index is 0.0276. The van der Waals surface area contributed by atoms with Gasteiger partial charge in [-0.2, -0.15) is 16.8 Å². The van der Waals surface area contributed by atoms with Gasteiger partial charge in [0.25, 0.3) is 20.2 Å². The van der Waals surface area contributed by atoms with Crippen LogP contribution in [0.3, 0.4) is 0 Å². The lowest BCUT2D eigenvalue weighted by molar-refractivity contribution is 0.481. The predicted molar refractivity (Wildman–Crippen MR) is 95.4 cm³/mol. The molecule has 0 aliphatic heterocycles. The summed E-state index contributed by atoms with van der Waals surface area (Å²) in [4.78, 5) is -1.21. The highest BCUT2D eigenvalue weighted by Crippen LogP contribution is 2.35. The van der Waals surface area contributed by atoms with Crippen molar-refractivity contribution in [3.8, 4) is 0 Å². The summed E-state index contributed by atoms with van der Waals surface area (Å²) in [5.74, 6) is 0. The van der Waals surface area contributed by atoms with Gasteiger partial charge in [0, 0.05) is 16.5 Å². The lowest BCUT2D eigenvalue weighted by atomic mass is 10.0. The first-order valence-electron chi connectivity index (χ1n) is 6.21. The molecule has 0 atom stereocenters. The minimum Gasteiger partial charge on any atom is -0.282 e. The van der Waals surface area contributed by atoms with Crippen LogP contribution in [-0.4, -0.2) is 25.9 Å². The SMILES string of the molecule is O=S(=O)(O)c1cc(Cl)cc(Cc2cc(Cl)cc(S(=O)(=O)O)c2Cl)c1Cl. The highest BCUT2D eigenvalue weighted by molar-refractivity contribution is 7.86. The molecule has 12 heteroatoms. The van der Waals surface area contributed by atoms with Crippen LogP contribution < -0.4 is 0 Å². The Morgan fingerprint density at radius 2 is 1.00 bits per heavy atom. The van der Waals surface area contributed by atoms with Crippen molar-refractivity contribution in [3.63, 3.8) is 0 Å². The molecule has 2 N–H and O–H groups in total. The molecule has 0 aliphatic carbocycles. The molecule has 0 spiro atoms. The molecule has 6 nitrogen and oxygen atoms in total. The van der Waals surface area contributed by atoms with Crippen LogP contribution in [0.5, 0.6) is 0 Å². The lowest BCUT2D eigenvalue weighted by Crippen LogP contribution is -2.04. The van der Waals surface area contributed by atoms with Crippen molar-refractivity contribution in [2.45, 2.75) is 16.2 Å². The predicted octanol–water partition coefficient (Wildman–Crippen LogP) is 4.38. The molecule has 136 valence electrons. The Balaban J connectivity index is 2.66. The monoisotopic (exact) mass is 464 g/mol. The quantitative estimate of drug-likeness (QED) is 0.648. The number of rotatable bonds is 4. The maximum atomic E-state index is 11.4. The van der Waals surface area contributed by atoms with Gasteiger partial charge in [0.15, 0.2) is 0 Å². The van der Waals surface area contributed by atoms with Gasteiger partial charge < -0.3 is 0 Å². The van der Waals surface area contributed by atoms with Crippen molar-refractivity contribution in [1.29, 1.82) is 0 Å². The Labute approximate surface area is 163 Å². The fourth-order valence-electron chi connectivity index (χ4n) is 2.07. The molecule has 0 fully saturated rings. The molecule has 0 heterocycles. The summed E-state index contributed by atoms with van der Waals surface area (Å²) in [7, 11) is -9.26. The van der Waals surface area contributed by atoms with Gasteiger partial charge in [-0.15, -0.1) is 0 Å². The summed E-state index contributed by atoms with van der Waals surface area (Å²) in [6, 6.07) is 4.57. The van der Waals surface area contributed by atoms with Crippen molar-refractivity contribution in [2.24, 2.45) is 0 Å². The van der Waals surface area contributed by atoms with Gasteiger partial charge in [-0.05, 0) is 35.4 Å². The fourth-order valence-corrected chi connectivity index (χ4v) is 4.89. The molecule has 2 aromatic carbocycles. The topological polar surface area (TPSA) is 109 Å². The average Bonchev–Trinajstić information content (AvgIpc) is 2.43. The number of halogens is 4. The zero-order valence-electron chi connectivity index (χ0n) is 11.9. The molecule has 0 saturated heterocycles. The Bertz CT molecular complexity index is 979. The van der Waals surface area contributed by atoms with Crippen LogP contribution >= 0.6 is 46.4 Å². The third kappa shape index (κ3) is 4.78. The van der Waals surface area contributed by atoms with E-state index in [-0.39, 0.29) is 37.6 Å². The first-order chi connectivity index (χ1) is 11.3. The molecule has 0 unspecified atom stereocenters. The molecular weight excluding hydrogens is 458 g/mol. The molecule has 2 rings (SSSR count). The van der Waals surface area contributed by atoms with E-state index in [4.69, 9.17) is 46.4 Å². The van der Waals surface area contributed by atoms with Gasteiger partial charge in [-0.25, -0.2) is 0 Å². The lowest BCUT2D eigenvalue weighted by Gasteiger charge is -2.12. The second-order valence-electron chi connectivity index (χ2n) is 4.88. The summed E-state index contributed by atoms with van der Waals surface area (Å²) in [5, 5.41) is -0.673. The van der Waals surface area contributed by atoms with Crippen LogP contribution in [0.25, 0.3) is 0 Å². The summed E-state index contributed by atoms with van der Waals surface area (Å²) in [6.07, 6.45) is -0.163. The molecule has 0 radical (unpaired) electrons. The average molecular weight is 466 g/mol. The third-order valence-corrected chi connectivity index (χ3v) is 6.40. The van der Waals surface area contributed by atoms with E-state index in [0.717, 1.165) is 12.1 Å². The van der Waals surface area contributed by atoms with E-state index < -0.39 is 30.0 Å². The van der Waals surface area contributed by atoms with E-state index in [0.29, 0.717) is 0 Å². The van der Waals surface area contributed by atoms with Crippen molar-refractivity contribution in [2.75, 3.05) is 0 Å². The molecule has 0 saturated carbocycles. The summed E-state index contributed by atoms with van der Waals surface area (Å²) < 4.78 is 63.9. The molecular formula is C13H8Cl4O6S2. The second kappa shape index (κ2) is 7.21. The molecule has 0 bridgehead atoms. The molecule has 2 aromatic rings. The first kappa shape index (κ1) is 20.7. The van der Waals surface area contributed by atoms with Crippen molar-refractivity contribution >= 4 is 66.6 Å². The van der Waals surface area contributed by atoms with Crippen LogP contribution in [-0.2, 0) is 26.7 Å². The van der Waals surface area contributed by atoms with E-state index in [9.17, 15) is 25.9 Å². The molecule has 25 heavy (non-hydrogen) atoms. The molecule has 0 aromatic heterocycles. The first-order valence-corrected chi connectivity index (χ1v) is 10.6. The zero-order chi connectivity index (χ0) is 19.2. The summed E-state index contributed by atoms with van der Waals surface area (Å²) >= 11 is 23.7. The smallest absolute Gasteiger partial charge is 0.282 e. The minimum atomic E-state index is -4.63. The zero-order valence-corrected chi connectivity index (χ0v) is 16.5. The van der Waals surface area contributed by atoms with Crippen LogP contribution in [0.15, 0.2) is 34.1 Å². The normalized spacial score (nSPS) is 12.4. The Morgan fingerprint density at radius 3 is 1.28 bits per heavy atom. The Hall–Kier alpha value is -0.580. The van der Waals surface area contributed by atoms with E-state index in [1.54, 1.807) is 0 Å². The van der Waals surface area contributed by atoms with Crippen molar-refractivity contribution in [1.82, 2.24) is 0 Å². The fraction of sp³-hybridized carbons (Fsp3) is 0.0769. The number of hydrogen-bond acceptors (Lipinski definition) is 4. The van der Waals surface area contributed by atoms with Gasteiger partial charge in [-0.1, -0.05) is 46.4 Å². The van der Waals surface area contributed by atoms with Gasteiger partial charge in [0.1, 0.15) is 9.79 Å². The van der Waals surface area contributed by atoms with Gasteiger partial charge in [-0.3, -0.25) is 9.11 Å². The van der Waals surface area contributed by atoms with Gasteiger partial charge in [0.05, 0.1) is 10.0 Å². The Kier molecular flexibility index (Phi) is 5.97. The number of benzene rings is 2. The van der Waals surface area contributed by atoms with Crippen LogP contribution in [0.4, 0.5) is 0 Å². The highest BCUT2D eigenvalue weighted by atomic mass is 35.5. The van der Waals surface area contributed by atoms with Gasteiger partial charge >= 0.3 is 0 Å². The maximum Gasteiger partial charge on any atom is 0.296 e. The third-order valence-electron chi connectivity index (χ3n) is 3.10.